The van der Waals surface area contributed by atoms with Crippen molar-refractivity contribution in [1.82, 2.24) is 5.32 Å². The Hall–Kier alpha value is -0.910. The Kier molecular flexibility index (Phi) is 5.18. The molecule has 1 fully saturated rings. The van der Waals surface area contributed by atoms with Gasteiger partial charge in [-0.3, -0.25) is 0 Å². The molecule has 2 rings (SSSR count). The van der Waals surface area contributed by atoms with Crippen LogP contribution in [0, 0.1) is 6.92 Å². The van der Waals surface area contributed by atoms with Gasteiger partial charge in [-0.25, -0.2) is 8.42 Å². The summed E-state index contributed by atoms with van der Waals surface area (Å²) in [6.07, 6.45) is 1.74. The van der Waals surface area contributed by atoms with Gasteiger partial charge in [-0.05, 0) is 38.4 Å². The van der Waals surface area contributed by atoms with Crippen molar-refractivity contribution in [2.45, 2.75) is 42.9 Å². The normalized spacial score (nSPS) is 23.7. The second-order valence-corrected chi connectivity index (χ2v) is 7.49. The van der Waals surface area contributed by atoms with Crippen LogP contribution in [0.15, 0.2) is 29.2 Å². The van der Waals surface area contributed by atoms with Gasteiger partial charge in [0.05, 0.1) is 11.5 Å². The minimum Gasteiger partial charge on any atom is -0.380 e. The van der Waals surface area contributed by atoms with Gasteiger partial charge in [0.2, 0.25) is 0 Å². The maximum atomic E-state index is 12.8. The molecule has 0 aliphatic carbocycles. The van der Waals surface area contributed by atoms with Crippen LogP contribution in [0.4, 0.5) is 0 Å². The molecule has 0 saturated carbocycles. The first-order chi connectivity index (χ1) is 9.55. The van der Waals surface area contributed by atoms with Gasteiger partial charge in [-0.15, -0.1) is 0 Å². The number of rotatable bonds is 5. The molecule has 112 valence electrons. The quantitative estimate of drug-likeness (QED) is 0.902. The average Bonchev–Trinajstić information content (AvgIpc) is 2.46. The van der Waals surface area contributed by atoms with Gasteiger partial charge >= 0.3 is 0 Å². The van der Waals surface area contributed by atoms with E-state index >= 15 is 0 Å². The maximum absolute atomic E-state index is 12.8. The van der Waals surface area contributed by atoms with E-state index in [0.717, 1.165) is 24.9 Å². The molecule has 0 bridgehead atoms. The van der Waals surface area contributed by atoms with Crippen molar-refractivity contribution in [2.75, 3.05) is 19.8 Å². The molecule has 1 aromatic rings. The van der Waals surface area contributed by atoms with Crippen LogP contribution in [0.3, 0.4) is 0 Å². The van der Waals surface area contributed by atoms with Gasteiger partial charge in [0.15, 0.2) is 9.84 Å². The molecule has 4 nitrogen and oxygen atoms in total. The van der Waals surface area contributed by atoms with Crippen molar-refractivity contribution in [3.05, 3.63) is 29.8 Å². The summed E-state index contributed by atoms with van der Waals surface area (Å²) in [4.78, 5) is 0.391. The van der Waals surface area contributed by atoms with Gasteiger partial charge in [-0.2, -0.15) is 0 Å². The molecule has 0 aromatic heterocycles. The molecule has 2 atom stereocenters. The van der Waals surface area contributed by atoms with Crippen LogP contribution in [0.1, 0.15) is 25.3 Å². The Bertz CT molecular complexity index is 525. The molecule has 0 spiro atoms. The van der Waals surface area contributed by atoms with Crippen molar-refractivity contribution >= 4 is 9.84 Å². The first-order valence-electron chi connectivity index (χ1n) is 7.17. The van der Waals surface area contributed by atoms with Crippen molar-refractivity contribution in [1.29, 1.82) is 0 Å². The fraction of sp³-hybridized carbons (Fsp3) is 0.600. The number of benzene rings is 1. The van der Waals surface area contributed by atoms with Gasteiger partial charge in [0, 0.05) is 12.6 Å². The van der Waals surface area contributed by atoms with E-state index in [1.165, 1.54) is 0 Å². The van der Waals surface area contributed by atoms with Gasteiger partial charge in [-0.1, -0.05) is 24.6 Å². The van der Waals surface area contributed by atoms with Crippen molar-refractivity contribution in [3.63, 3.8) is 0 Å². The summed E-state index contributed by atoms with van der Waals surface area (Å²) in [5.74, 6) is 0. The highest BCUT2D eigenvalue weighted by atomic mass is 32.2. The van der Waals surface area contributed by atoms with E-state index in [1.54, 1.807) is 12.1 Å². The molecule has 1 heterocycles. The van der Waals surface area contributed by atoms with Crippen molar-refractivity contribution < 1.29 is 13.2 Å². The molecule has 1 saturated heterocycles. The fourth-order valence-corrected chi connectivity index (χ4v) is 4.29. The van der Waals surface area contributed by atoms with E-state index in [4.69, 9.17) is 4.74 Å². The predicted octanol–water partition coefficient (Wildman–Crippen LogP) is 1.93. The number of sulfone groups is 1. The SMILES string of the molecule is CCCNC1CCOCC1S(=O)(=O)c1ccc(C)cc1. The highest BCUT2D eigenvalue weighted by molar-refractivity contribution is 7.92. The Morgan fingerprint density at radius 3 is 2.65 bits per heavy atom. The zero-order valence-electron chi connectivity index (χ0n) is 12.1. The highest BCUT2D eigenvalue weighted by Gasteiger charge is 2.36. The molecule has 1 aliphatic heterocycles. The van der Waals surface area contributed by atoms with Gasteiger partial charge in [0.25, 0.3) is 0 Å². The topological polar surface area (TPSA) is 55.4 Å². The van der Waals surface area contributed by atoms with E-state index in [2.05, 4.69) is 12.2 Å². The predicted molar refractivity (Wildman–Crippen MR) is 79.7 cm³/mol. The van der Waals surface area contributed by atoms with Crippen LogP contribution in [-0.2, 0) is 14.6 Å². The molecule has 1 N–H and O–H groups in total. The van der Waals surface area contributed by atoms with Crippen molar-refractivity contribution in [2.24, 2.45) is 0 Å². The van der Waals surface area contributed by atoms with Crippen molar-refractivity contribution in [3.8, 4) is 0 Å². The minimum absolute atomic E-state index is 0.0185. The number of ether oxygens (including phenoxy) is 1. The third-order valence-corrected chi connectivity index (χ3v) is 5.90. The van der Waals surface area contributed by atoms with Crippen LogP contribution in [-0.4, -0.2) is 39.5 Å². The van der Waals surface area contributed by atoms with Crippen LogP contribution >= 0.6 is 0 Å². The van der Waals surface area contributed by atoms with Crippen LogP contribution in [0.5, 0.6) is 0 Å². The fourth-order valence-electron chi connectivity index (χ4n) is 2.48. The van der Waals surface area contributed by atoms with Crippen LogP contribution in [0.25, 0.3) is 0 Å². The Morgan fingerprint density at radius 1 is 1.30 bits per heavy atom. The average molecular weight is 297 g/mol. The van der Waals surface area contributed by atoms with E-state index < -0.39 is 15.1 Å². The summed E-state index contributed by atoms with van der Waals surface area (Å²) in [5.41, 5.74) is 1.06. The molecule has 1 aromatic carbocycles. The van der Waals surface area contributed by atoms with E-state index in [9.17, 15) is 8.42 Å². The standard InChI is InChI=1S/C15H23NO3S/c1-3-9-16-14-8-10-19-11-15(14)20(17,18)13-6-4-12(2)5-7-13/h4-7,14-16H,3,8-11H2,1-2H3. The first kappa shape index (κ1) is 15.5. The minimum atomic E-state index is -3.35. The third-order valence-electron chi connectivity index (χ3n) is 3.71. The second kappa shape index (κ2) is 6.70. The summed E-state index contributed by atoms with van der Waals surface area (Å²) in [6, 6.07) is 7.04. The number of hydrogen-bond donors (Lipinski definition) is 1. The molecule has 0 radical (unpaired) electrons. The lowest BCUT2D eigenvalue weighted by atomic mass is 10.1. The summed E-state index contributed by atoms with van der Waals surface area (Å²) >= 11 is 0. The van der Waals surface area contributed by atoms with E-state index in [1.807, 2.05) is 19.1 Å². The molecule has 20 heavy (non-hydrogen) atoms. The summed E-state index contributed by atoms with van der Waals surface area (Å²) < 4.78 is 30.9. The lowest BCUT2D eigenvalue weighted by Gasteiger charge is -2.32. The summed E-state index contributed by atoms with van der Waals surface area (Å²) in [5, 5.41) is 2.85. The number of aryl methyl sites for hydroxylation is 1. The Labute approximate surface area is 121 Å². The monoisotopic (exact) mass is 297 g/mol. The number of hydrogen-bond acceptors (Lipinski definition) is 4. The highest BCUT2D eigenvalue weighted by Crippen LogP contribution is 2.23. The lowest BCUT2D eigenvalue weighted by Crippen LogP contribution is -2.50. The molecular weight excluding hydrogens is 274 g/mol. The smallest absolute Gasteiger partial charge is 0.185 e. The van der Waals surface area contributed by atoms with E-state index in [-0.39, 0.29) is 12.6 Å². The number of nitrogens with one attached hydrogen (secondary N) is 1. The molecule has 5 heteroatoms. The summed E-state index contributed by atoms with van der Waals surface area (Å²) in [6.45, 7) is 5.77. The Balaban J connectivity index is 2.23. The van der Waals surface area contributed by atoms with E-state index in [0.29, 0.717) is 11.5 Å². The molecule has 1 aliphatic rings. The second-order valence-electron chi connectivity index (χ2n) is 5.32. The maximum Gasteiger partial charge on any atom is 0.185 e. The van der Waals surface area contributed by atoms with Gasteiger partial charge < -0.3 is 10.1 Å². The third kappa shape index (κ3) is 3.40. The van der Waals surface area contributed by atoms with Crippen LogP contribution < -0.4 is 5.32 Å². The molecule has 2 unspecified atom stereocenters. The largest absolute Gasteiger partial charge is 0.380 e. The molecular formula is C15H23NO3S. The Morgan fingerprint density at radius 2 is 2.00 bits per heavy atom. The summed E-state index contributed by atoms with van der Waals surface area (Å²) in [7, 11) is -3.35. The zero-order chi connectivity index (χ0) is 14.6. The lowest BCUT2D eigenvalue weighted by molar-refractivity contribution is 0.0808. The molecule has 0 amide bonds. The zero-order valence-corrected chi connectivity index (χ0v) is 12.9. The first-order valence-corrected chi connectivity index (χ1v) is 8.72. The van der Waals surface area contributed by atoms with Gasteiger partial charge in [0.1, 0.15) is 5.25 Å². The van der Waals surface area contributed by atoms with Crippen LogP contribution in [0.2, 0.25) is 0 Å².